The Kier molecular flexibility index (Phi) is 2.97. The molecule has 0 saturated heterocycles. The Bertz CT molecular complexity index is 609. The second-order valence-electron chi connectivity index (χ2n) is 3.66. The van der Waals surface area contributed by atoms with E-state index in [1.807, 2.05) is 0 Å². The first kappa shape index (κ1) is 12.0. The highest BCUT2D eigenvalue weighted by atomic mass is 19.1. The van der Waals surface area contributed by atoms with Crippen LogP contribution in [0, 0.1) is 11.6 Å². The molecule has 1 aromatic heterocycles. The number of amides is 1. The number of nitrogens with one attached hydrogen (secondary N) is 1. The number of aryl methyl sites for hydroxylation is 1. The number of benzene rings is 1. The first-order valence-electron chi connectivity index (χ1n) is 5.03. The number of nitrogens with two attached hydrogens (primary N) is 1. The van der Waals surface area contributed by atoms with Crippen molar-refractivity contribution in [3.63, 3.8) is 0 Å². The van der Waals surface area contributed by atoms with Crippen molar-refractivity contribution in [1.29, 1.82) is 0 Å². The Morgan fingerprint density at radius 3 is 2.72 bits per heavy atom. The highest BCUT2D eigenvalue weighted by Gasteiger charge is 2.14. The lowest BCUT2D eigenvalue weighted by Gasteiger charge is -2.06. The Balaban J connectivity index is 2.26. The van der Waals surface area contributed by atoms with E-state index in [2.05, 4.69) is 10.4 Å². The maximum atomic E-state index is 13.3. The molecule has 0 saturated carbocycles. The van der Waals surface area contributed by atoms with Crippen molar-refractivity contribution >= 4 is 17.4 Å². The van der Waals surface area contributed by atoms with Gasteiger partial charge in [-0.1, -0.05) is 0 Å². The van der Waals surface area contributed by atoms with Gasteiger partial charge in [-0.3, -0.25) is 9.48 Å². The van der Waals surface area contributed by atoms with Crippen molar-refractivity contribution < 1.29 is 13.6 Å². The molecule has 1 amide bonds. The number of aromatic nitrogens is 2. The molecule has 7 heteroatoms. The summed E-state index contributed by atoms with van der Waals surface area (Å²) in [5.41, 5.74) is 5.33. The zero-order valence-electron chi connectivity index (χ0n) is 9.45. The lowest BCUT2D eigenvalue weighted by molar-refractivity contribution is 0.101. The molecule has 0 bridgehead atoms. The van der Waals surface area contributed by atoms with Gasteiger partial charge in [0.15, 0.2) is 0 Å². The van der Waals surface area contributed by atoms with E-state index in [1.165, 1.54) is 17.8 Å². The van der Waals surface area contributed by atoms with Gasteiger partial charge in [0.05, 0.1) is 5.69 Å². The van der Waals surface area contributed by atoms with E-state index < -0.39 is 17.5 Å². The van der Waals surface area contributed by atoms with Gasteiger partial charge >= 0.3 is 0 Å². The molecule has 0 aliphatic carbocycles. The maximum absolute atomic E-state index is 13.3. The van der Waals surface area contributed by atoms with Crippen LogP contribution in [0.5, 0.6) is 0 Å². The molecule has 18 heavy (non-hydrogen) atoms. The van der Waals surface area contributed by atoms with E-state index in [4.69, 9.17) is 5.73 Å². The third-order valence-corrected chi connectivity index (χ3v) is 2.31. The van der Waals surface area contributed by atoms with Crippen molar-refractivity contribution in [3.05, 3.63) is 41.6 Å². The highest BCUT2D eigenvalue weighted by molar-refractivity contribution is 6.03. The largest absolute Gasteiger partial charge is 0.382 e. The zero-order valence-corrected chi connectivity index (χ0v) is 9.45. The van der Waals surface area contributed by atoms with Gasteiger partial charge in [0.25, 0.3) is 5.91 Å². The van der Waals surface area contributed by atoms with Gasteiger partial charge in [-0.15, -0.1) is 0 Å². The zero-order chi connectivity index (χ0) is 13.3. The molecule has 1 heterocycles. The Morgan fingerprint density at radius 2 is 2.11 bits per heavy atom. The number of nitrogens with zero attached hydrogens (tertiary/aromatic N) is 2. The predicted octanol–water partition coefficient (Wildman–Crippen LogP) is 1.53. The Labute approximate surface area is 101 Å². The van der Waals surface area contributed by atoms with Gasteiger partial charge < -0.3 is 11.1 Å². The Hall–Kier alpha value is -2.44. The summed E-state index contributed by atoms with van der Waals surface area (Å²) in [4.78, 5) is 11.8. The van der Waals surface area contributed by atoms with Crippen molar-refractivity contribution in [2.24, 2.45) is 7.05 Å². The van der Waals surface area contributed by atoms with Crippen LogP contribution in [0.25, 0.3) is 0 Å². The van der Waals surface area contributed by atoms with Gasteiger partial charge in [0, 0.05) is 19.2 Å². The molecule has 0 aliphatic rings. The van der Waals surface area contributed by atoms with Gasteiger partial charge in [-0.25, -0.2) is 8.78 Å². The molecule has 0 fully saturated rings. The number of rotatable bonds is 2. The fourth-order valence-corrected chi connectivity index (χ4v) is 1.48. The van der Waals surface area contributed by atoms with Crippen molar-refractivity contribution in [2.45, 2.75) is 0 Å². The number of carbonyl (C=O) groups excluding carboxylic acids is 1. The summed E-state index contributed by atoms with van der Waals surface area (Å²) < 4.78 is 27.5. The number of nitrogen functional groups attached to an aromatic ring is 1. The van der Waals surface area contributed by atoms with Crippen LogP contribution in [-0.2, 0) is 7.05 Å². The summed E-state index contributed by atoms with van der Waals surface area (Å²) >= 11 is 0. The first-order chi connectivity index (χ1) is 8.47. The van der Waals surface area contributed by atoms with Gasteiger partial charge in [-0.05, 0) is 12.1 Å². The molecule has 94 valence electrons. The Morgan fingerprint density at radius 1 is 1.39 bits per heavy atom. The molecule has 1 aromatic carbocycles. The lowest BCUT2D eigenvalue weighted by Crippen LogP contribution is -2.17. The molecule has 0 atom stereocenters. The number of anilines is 2. The third-order valence-electron chi connectivity index (χ3n) is 2.31. The summed E-state index contributed by atoms with van der Waals surface area (Å²) in [6, 6.07) is 4.13. The smallest absolute Gasteiger partial charge is 0.274 e. The molecule has 0 radical (unpaired) electrons. The van der Waals surface area contributed by atoms with Crippen LogP contribution in [0.3, 0.4) is 0 Å². The summed E-state index contributed by atoms with van der Waals surface area (Å²) in [5.74, 6) is -1.82. The van der Waals surface area contributed by atoms with Gasteiger partial charge in [0.2, 0.25) is 0 Å². The number of halogens is 2. The second kappa shape index (κ2) is 4.44. The standard InChI is InChI=1S/C11H10F2N4O/c1-17-9(5-10(14)16-17)11(18)15-8-4-6(12)2-3-7(8)13/h2-5H,1H3,(H2,14,16)(H,15,18). The first-order valence-corrected chi connectivity index (χ1v) is 5.03. The minimum atomic E-state index is -0.722. The summed E-state index contributed by atoms with van der Waals surface area (Å²) in [7, 11) is 1.52. The van der Waals surface area contributed by atoms with Crippen molar-refractivity contribution in [2.75, 3.05) is 11.1 Å². The quantitative estimate of drug-likeness (QED) is 0.851. The van der Waals surface area contributed by atoms with E-state index in [9.17, 15) is 13.6 Å². The van der Waals surface area contributed by atoms with E-state index in [-0.39, 0.29) is 17.2 Å². The molecule has 0 aliphatic heterocycles. The van der Waals surface area contributed by atoms with Crippen LogP contribution in [0.1, 0.15) is 10.5 Å². The average Bonchev–Trinajstić information content (AvgIpc) is 2.63. The predicted molar refractivity (Wildman–Crippen MR) is 61.9 cm³/mol. The van der Waals surface area contributed by atoms with Crippen LogP contribution in [-0.4, -0.2) is 15.7 Å². The van der Waals surface area contributed by atoms with E-state index in [0.29, 0.717) is 0 Å². The molecule has 2 rings (SSSR count). The van der Waals surface area contributed by atoms with Crippen LogP contribution >= 0.6 is 0 Å². The molecule has 2 aromatic rings. The monoisotopic (exact) mass is 252 g/mol. The van der Waals surface area contributed by atoms with Crippen LogP contribution in [0.4, 0.5) is 20.3 Å². The molecule has 0 spiro atoms. The SMILES string of the molecule is Cn1nc(N)cc1C(=O)Nc1cc(F)ccc1F. The normalized spacial score (nSPS) is 10.4. The average molecular weight is 252 g/mol. The van der Waals surface area contributed by atoms with Crippen molar-refractivity contribution in [1.82, 2.24) is 9.78 Å². The molecular formula is C11H10F2N4O. The van der Waals surface area contributed by atoms with E-state index >= 15 is 0 Å². The molecule has 5 nitrogen and oxygen atoms in total. The summed E-state index contributed by atoms with van der Waals surface area (Å²) in [6.45, 7) is 0. The van der Waals surface area contributed by atoms with Crippen LogP contribution in [0.2, 0.25) is 0 Å². The van der Waals surface area contributed by atoms with Crippen LogP contribution in [0.15, 0.2) is 24.3 Å². The molecular weight excluding hydrogens is 242 g/mol. The van der Waals surface area contributed by atoms with Gasteiger partial charge in [-0.2, -0.15) is 5.10 Å². The van der Waals surface area contributed by atoms with E-state index in [1.54, 1.807) is 0 Å². The summed E-state index contributed by atoms with van der Waals surface area (Å²) in [5, 5.41) is 6.03. The highest BCUT2D eigenvalue weighted by Crippen LogP contribution is 2.16. The molecule has 3 N–H and O–H groups in total. The maximum Gasteiger partial charge on any atom is 0.274 e. The summed E-state index contributed by atoms with van der Waals surface area (Å²) in [6.07, 6.45) is 0. The number of hydrogen-bond acceptors (Lipinski definition) is 3. The van der Waals surface area contributed by atoms with Crippen LogP contribution < -0.4 is 11.1 Å². The molecule has 0 unspecified atom stereocenters. The fraction of sp³-hybridized carbons (Fsp3) is 0.0909. The minimum Gasteiger partial charge on any atom is -0.382 e. The fourth-order valence-electron chi connectivity index (χ4n) is 1.48. The minimum absolute atomic E-state index is 0.149. The number of hydrogen-bond donors (Lipinski definition) is 2. The van der Waals surface area contributed by atoms with Gasteiger partial charge in [0.1, 0.15) is 23.1 Å². The number of carbonyl (C=O) groups is 1. The lowest BCUT2D eigenvalue weighted by atomic mass is 10.3. The second-order valence-corrected chi connectivity index (χ2v) is 3.66. The third kappa shape index (κ3) is 2.29. The van der Waals surface area contributed by atoms with E-state index in [0.717, 1.165) is 18.2 Å². The van der Waals surface area contributed by atoms with Crippen molar-refractivity contribution in [3.8, 4) is 0 Å². The topological polar surface area (TPSA) is 72.9 Å².